The van der Waals surface area contributed by atoms with Gasteiger partial charge in [0.15, 0.2) is 5.82 Å². The van der Waals surface area contributed by atoms with Crippen LogP contribution in [0.1, 0.15) is 11.7 Å². The van der Waals surface area contributed by atoms with Crippen LogP contribution in [-0.2, 0) is 22.0 Å². The fourth-order valence-corrected chi connectivity index (χ4v) is 1.08. The van der Waals surface area contributed by atoms with Gasteiger partial charge in [-0.1, -0.05) is 5.16 Å². The van der Waals surface area contributed by atoms with Gasteiger partial charge in [0.2, 0.25) is 10.0 Å². The molecule has 1 aromatic rings. The van der Waals surface area contributed by atoms with E-state index in [0.717, 1.165) is 0 Å². The normalized spacial score (nSPS) is 13.1. The Morgan fingerprint density at radius 2 is 2.00 bits per heavy atom. The Morgan fingerprint density at radius 3 is 2.36 bits per heavy atom. The minimum Gasteiger partial charge on any atom is -0.329 e. The molecule has 80 valence electrons. The van der Waals surface area contributed by atoms with E-state index in [1.807, 2.05) is 0 Å². The van der Waals surface area contributed by atoms with Crippen molar-refractivity contribution in [1.82, 2.24) is 10.1 Å². The number of halogens is 3. The molecule has 10 heteroatoms. The van der Waals surface area contributed by atoms with Crippen molar-refractivity contribution >= 4 is 10.0 Å². The Bertz CT molecular complexity index is 423. The standard InChI is InChI=1S/C4H4F3N3O3S/c5-4(6,7)3-9-2(10-13-3)1-14(8,11)12/h1H2,(H2,8,11,12). The number of nitrogens with zero attached hydrogens (tertiary/aromatic N) is 2. The van der Waals surface area contributed by atoms with Crippen LogP contribution >= 0.6 is 0 Å². The average Bonchev–Trinajstić information content (AvgIpc) is 2.29. The second-order valence-corrected chi connectivity index (χ2v) is 3.94. The second-order valence-electron chi connectivity index (χ2n) is 2.32. The maximum Gasteiger partial charge on any atom is 0.471 e. The topological polar surface area (TPSA) is 99.1 Å². The first-order valence-corrected chi connectivity index (χ1v) is 4.80. The number of hydrogen-bond acceptors (Lipinski definition) is 5. The third-order valence-corrected chi connectivity index (χ3v) is 1.70. The van der Waals surface area contributed by atoms with Crippen molar-refractivity contribution in [1.29, 1.82) is 0 Å². The van der Waals surface area contributed by atoms with Crippen LogP contribution < -0.4 is 5.14 Å². The molecule has 1 heterocycles. The molecule has 0 aliphatic rings. The molecule has 0 radical (unpaired) electrons. The fourth-order valence-electron chi connectivity index (χ4n) is 0.608. The summed E-state index contributed by atoms with van der Waals surface area (Å²) in [6.07, 6.45) is -4.79. The largest absolute Gasteiger partial charge is 0.471 e. The van der Waals surface area contributed by atoms with Crippen molar-refractivity contribution < 1.29 is 26.1 Å². The lowest BCUT2D eigenvalue weighted by Crippen LogP contribution is -2.15. The van der Waals surface area contributed by atoms with Crippen LogP contribution in [0.4, 0.5) is 13.2 Å². The Hall–Kier alpha value is -1.16. The number of nitrogens with two attached hydrogens (primary N) is 1. The number of primary sulfonamides is 1. The molecule has 0 spiro atoms. The monoisotopic (exact) mass is 231 g/mol. The highest BCUT2D eigenvalue weighted by Gasteiger charge is 2.38. The van der Waals surface area contributed by atoms with Gasteiger partial charge in [0, 0.05) is 0 Å². The number of rotatable bonds is 2. The SMILES string of the molecule is NS(=O)(=O)Cc1noc(C(F)(F)F)n1. The van der Waals surface area contributed by atoms with E-state index < -0.39 is 33.7 Å². The van der Waals surface area contributed by atoms with Gasteiger partial charge >= 0.3 is 12.1 Å². The molecule has 0 bridgehead atoms. The maximum atomic E-state index is 11.9. The summed E-state index contributed by atoms with van der Waals surface area (Å²) in [5, 5.41) is 7.36. The zero-order valence-corrected chi connectivity index (χ0v) is 7.26. The van der Waals surface area contributed by atoms with Crippen LogP contribution in [0.2, 0.25) is 0 Å². The Kier molecular flexibility index (Phi) is 2.50. The first-order chi connectivity index (χ1) is 6.18. The van der Waals surface area contributed by atoms with Crippen molar-refractivity contribution in [3.8, 4) is 0 Å². The van der Waals surface area contributed by atoms with Crippen LogP contribution in [0.3, 0.4) is 0 Å². The second kappa shape index (κ2) is 3.20. The number of hydrogen-bond donors (Lipinski definition) is 1. The van der Waals surface area contributed by atoms with Crippen molar-refractivity contribution in [3.63, 3.8) is 0 Å². The van der Waals surface area contributed by atoms with Crippen molar-refractivity contribution in [3.05, 3.63) is 11.7 Å². The van der Waals surface area contributed by atoms with Gasteiger partial charge in [0.25, 0.3) is 0 Å². The Morgan fingerprint density at radius 1 is 1.43 bits per heavy atom. The lowest BCUT2D eigenvalue weighted by Gasteiger charge is -1.95. The first kappa shape index (κ1) is 10.9. The molecule has 0 aliphatic carbocycles. The number of alkyl halides is 3. The van der Waals surface area contributed by atoms with Crippen LogP contribution in [0, 0.1) is 0 Å². The maximum absolute atomic E-state index is 11.9. The van der Waals surface area contributed by atoms with Gasteiger partial charge in [0.1, 0.15) is 5.75 Å². The Labute approximate surface area is 75.9 Å². The molecule has 0 aromatic carbocycles. The molecule has 1 rings (SSSR count). The molecule has 0 aliphatic heterocycles. The quantitative estimate of drug-likeness (QED) is 0.764. The minimum atomic E-state index is -4.79. The summed E-state index contributed by atoms with van der Waals surface area (Å²) in [7, 11) is -3.96. The lowest BCUT2D eigenvalue weighted by atomic mass is 10.6. The number of sulfonamides is 1. The van der Waals surface area contributed by atoms with E-state index in [-0.39, 0.29) is 0 Å². The molecule has 14 heavy (non-hydrogen) atoms. The van der Waals surface area contributed by atoms with E-state index in [9.17, 15) is 21.6 Å². The van der Waals surface area contributed by atoms with E-state index in [0.29, 0.717) is 0 Å². The van der Waals surface area contributed by atoms with Crippen molar-refractivity contribution in [2.24, 2.45) is 5.14 Å². The third-order valence-electron chi connectivity index (χ3n) is 1.04. The summed E-state index contributed by atoms with van der Waals surface area (Å²) in [5.41, 5.74) is 0. The molecule has 2 N–H and O–H groups in total. The van der Waals surface area contributed by atoms with Crippen molar-refractivity contribution in [2.75, 3.05) is 0 Å². The van der Waals surface area contributed by atoms with E-state index in [1.54, 1.807) is 0 Å². The summed E-state index contributed by atoms with van der Waals surface area (Å²) in [6.45, 7) is 0. The van der Waals surface area contributed by atoms with Gasteiger partial charge in [-0.15, -0.1) is 0 Å². The molecule has 0 amide bonds. The first-order valence-electron chi connectivity index (χ1n) is 3.09. The summed E-state index contributed by atoms with van der Waals surface area (Å²) >= 11 is 0. The van der Waals surface area contributed by atoms with Crippen LogP contribution in [-0.4, -0.2) is 18.6 Å². The molecule has 1 aromatic heterocycles. The van der Waals surface area contributed by atoms with Gasteiger partial charge in [-0.2, -0.15) is 18.2 Å². The molecule has 0 unspecified atom stereocenters. The molecular formula is C4H4F3N3O3S. The lowest BCUT2D eigenvalue weighted by molar-refractivity contribution is -0.159. The van der Waals surface area contributed by atoms with Gasteiger partial charge in [-0.25, -0.2) is 13.6 Å². The van der Waals surface area contributed by atoms with Crippen LogP contribution in [0.5, 0.6) is 0 Å². The zero-order valence-electron chi connectivity index (χ0n) is 6.45. The minimum absolute atomic E-state index is 0.625. The molecule has 6 nitrogen and oxygen atoms in total. The molecule has 0 saturated carbocycles. The summed E-state index contributed by atoms with van der Waals surface area (Å²) in [5.74, 6) is -3.12. The Balaban J connectivity index is 2.90. The predicted octanol–water partition coefficient (Wildman–Crippen LogP) is -0.123. The molecule has 0 fully saturated rings. The summed E-state index contributed by atoms with van der Waals surface area (Å²) in [4.78, 5) is 2.80. The highest BCUT2D eigenvalue weighted by molar-refractivity contribution is 7.88. The smallest absolute Gasteiger partial charge is 0.329 e. The van der Waals surface area contributed by atoms with E-state index in [1.165, 1.54) is 0 Å². The van der Waals surface area contributed by atoms with Crippen LogP contribution in [0.25, 0.3) is 0 Å². The van der Waals surface area contributed by atoms with Gasteiger partial charge in [-0.05, 0) is 0 Å². The highest BCUT2D eigenvalue weighted by Crippen LogP contribution is 2.27. The molecule has 0 atom stereocenters. The highest BCUT2D eigenvalue weighted by atomic mass is 32.2. The fraction of sp³-hybridized carbons (Fsp3) is 0.500. The average molecular weight is 231 g/mol. The van der Waals surface area contributed by atoms with E-state index >= 15 is 0 Å². The summed E-state index contributed by atoms with van der Waals surface area (Å²) < 4.78 is 60.2. The number of aromatic nitrogens is 2. The van der Waals surface area contributed by atoms with Crippen LogP contribution in [0.15, 0.2) is 4.52 Å². The van der Waals surface area contributed by atoms with Gasteiger partial charge in [-0.3, -0.25) is 0 Å². The third kappa shape index (κ3) is 2.96. The van der Waals surface area contributed by atoms with Crippen molar-refractivity contribution in [2.45, 2.75) is 11.9 Å². The van der Waals surface area contributed by atoms with E-state index in [2.05, 4.69) is 19.8 Å². The molecular weight excluding hydrogens is 227 g/mol. The summed E-state index contributed by atoms with van der Waals surface area (Å²) in [6, 6.07) is 0. The van der Waals surface area contributed by atoms with Gasteiger partial charge in [0.05, 0.1) is 0 Å². The van der Waals surface area contributed by atoms with E-state index in [4.69, 9.17) is 0 Å². The van der Waals surface area contributed by atoms with Gasteiger partial charge < -0.3 is 4.52 Å². The predicted molar refractivity (Wildman–Crippen MR) is 36.1 cm³/mol. The molecule has 0 saturated heterocycles. The zero-order chi connectivity index (χ0) is 11.0.